The number of carboxylic acids is 1. The van der Waals surface area contributed by atoms with Gasteiger partial charge in [0.05, 0.1) is 12.0 Å². The molecule has 0 aromatic heterocycles. The summed E-state index contributed by atoms with van der Waals surface area (Å²) in [5.41, 5.74) is 4.22. The lowest BCUT2D eigenvalue weighted by molar-refractivity contribution is -0.148. The van der Waals surface area contributed by atoms with Crippen LogP contribution in [0.4, 0.5) is 0 Å². The molecule has 15 heavy (non-hydrogen) atoms. The maximum absolute atomic E-state index is 10.9. The molecule has 3 N–H and O–H groups in total. The summed E-state index contributed by atoms with van der Waals surface area (Å²) in [6.45, 7) is 7.47. The average molecular weight is 216 g/mol. The van der Waals surface area contributed by atoms with Gasteiger partial charge in [-0.25, -0.2) is 0 Å². The number of carbonyl (C=O) groups is 2. The number of hydrogen-bond acceptors (Lipinski definition) is 3. The fraction of sp³-hybridized carbons (Fsp3) is 0.800. The highest BCUT2D eigenvalue weighted by molar-refractivity contribution is 5.76. The molecule has 5 heteroatoms. The lowest BCUT2D eigenvalue weighted by atomic mass is 9.92. The van der Waals surface area contributed by atoms with Gasteiger partial charge in [0.25, 0.3) is 0 Å². The molecule has 0 aliphatic rings. The minimum absolute atomic E-state index is 0.0916. The first-order valence-corrected chi connectivity index (χ1v) is 4.92. The van der Waals surface area contributed by atoms with E-state index in [1.165, 1.54) is 0 Å². The zero-order chi connectivity index (χ0) is 12.2. The van der Waals surface area contributed by atoms with Gasteiger partial charge < -0.3 is 10.8 Å². The molecule has 0 heterocycles. The van der Waals surface area contributed by atoms with Gasteiger partial charge in [0.2, 0.25) is 5.91 Å². The van der Waals surface area contributed by atoms with Crippen LogP contribution in [0.3, 0.4) is 0 Å². The van der Waals surface area contributed by atoms with Crippen molar-refractivity contribution in [2.75, 3.05) is 13.1 Å². The Morgan fingerprint density at radius 3 is 2.13 bits per heavy atom. The molecule has 0 spiro atoms. The van der Waals surface area contributed by atoms with Crippen molar-refractivity contribution in [2.24, 2.45) is 11.1 Å². The Balaban J connectivity index is 4.54. The van der Waals surface area contributed by atoms with E-state index >= 15 is 0 Å². The summed E-state index contributed by atoms with van der Waals surface area (Å²) in [6, 6.07) is 0.0936. The van der Waals surface area contributed by atoms with E-state index in [4.69, 9.17) is 10.8 Å². The number of nitrogens with zero attached hydrogens (tertiary/aromatic N) is 1. The number of carbonyl (C=O) groups excluding carboxylic acids is 1. The van der Waals surface area contributed by atoms with Crippen LogP contribution >= 0.6 is 0 Å². The van der Waals surface area contributed by atoms with Gasteiger partial charge in [-0.15, -0.1) is 0 Å². The number of amides is 1. The molecule has 0 aromatic rings. The lowest BCUT2D eigenvalue weighted by Crippen LogP contribution is -2.46. The van der Waals surface area contributed by atoms with E-state index < -0.39 is 17.3 Å². The highest BCUT2D eigenvalue weighted by Gasteiger charge is 2.31. The molecule has 0 aliphatic carbocycles. The highest BCUT2D eigenvalue weighted by Crippen LogP contribution is 2.18. The molecular weight excluding hydrogens is 196 g/mol. The second-order valence-corrected chi connectivity index (χ2v) is 4.65. The number of carboxylic acid groups (broad SMARTS) is 1. The van der Waals surface area contributed by atoms with E-state index in [0.717, 1.165) is 0 Å². The molecule has 0 atom stereocenters. The van der Waals surface area contributed by atoms with Gasteiger partial charge in [-0.3, -0.25) is 14.5 Å². The Morgan fingerprint density at radius 1 is 1.40 bits per heavy atom. The predicted octanol–water partition coefficient (Wildman–Crippen LogP) is 0.293. The van der Waals surface area contributed by atoms with Gasteiger partial charge >= 0.3 is 5.97 Å². The zero-order valence-corrected chi connectivity index (χ0v) is 9.78. The SMILES string of the molecule is CC(C)N(CC(N)=O)CC(C)(C)C(=O)O. The topological polar surface area (TPSA) is 83.6 Å². The van der Waals surface area contributed by atoms with Crippen molar-refractivity contribution in [3.8, 4) is 0 Å². The molecule has 0 fully saturated rings. The molecule has 0 bridgehead atoms. The molecule has 0 saturated heterocycles. The van der Waals surface area contributed by atoms with E-state index in [-0.39, 0.29) is 12.6 Å². The summed E-state index contributed by atoms with van der Waals surface area (Å²) in [4.78, 5) is 23.5. The maximum Gasteiger partial charge on any atom is 0.310 e. The maximum atomic E-state index is 10.9. The Bertz CT molecular complexity index is 249. The average Bonchev–Trinajstić information content (AvgIpc) is 2.01. The molecule has 0 aromatic carbocycles. The summed E-state index contributed by atoms with van der Waals surface area (Å²) in [5, 5.41) is 8.96. The fourth-order valence-electron chi connectivity index (χ4n) is 1.20. The van der Waals surface area contributed by atoms with Crippen molar-refractivity contribution < 1.29 is 14.7 Å². The van der Waals surface area contributed by atoms with Crippen LogP contribution in [0.15, 0.2) is 0 Å². The summed E-state index contributed by atoms with van der Waals surface area (Å²) in [5.74, 6) is -1.32. The normalized spacial score (nSPS) is 12.1. The van der Waals surface area contributed by atoms with Crippen LogP contribution in [-0.2, 0) is 9.59 Å². The second-order valence-electron chi connectivity index (χ2n) is 4.65. The molecule has 0 aliphatic heterocycles. The van der Waals surface area contributed by atoms with Crippen LogP contribution in [0.25, 0.3) is 0 Å². The number of aliphatic carboxylic acids is 1. The van der Waals surface area contributed by atoms with E-state index in [0.29, 0.717) is 6.54 Å². The van der Waals surface area contributed by atoms with E-state index in [9.17, 15) is 9.59 Å². The third-order valence-electron chi connectivity index (χ3n) is 2.27. The molecular formula is C10H20N2O3. The van der Waals surface area contributed by atoms with Crippen LogP contribution in [0, 0.1) is 5.41 Å². The molecule has 88 valence electrons. The first-order chi connectivity index (χ1) is 6.66. The van der Waals surface area contributed by atoms with Crippen molar-refractivity contribution in [3.05, 3.63) is 0 Å². The van der Waals surface area contributed by atoms with Crippen LogP contribution in [0.1, 0.15) is 27.7 Å². The fourth-order valence-corrected chi connectivity index (χ4v) is 1.20. The van der Waals surface area contributed by atoms with Crippen LogP contribution in [0.2, 0.25) is 0 Å². The summed E-state index contributed by atoms with van der Waals surface area (Å²) in [6.07, 6.45) is 0. The van der Waals surface area contributed by atoms with E-state index in [1.807, 2.05) is 13.8 Å². The molecule has 0 saturated carbocycles. The monoisotopic (exact) mass is 216 g/mol. The summed E-state index contributed by atoms with van der Waals surface area (Å²) >= 11 is 0. The van der Waals surface area contributed by atoms with Gasteiger partial charge in [-0.1, -0.05) is 0 Å². The second kappa shape index (κ2) is 5.11. The van der Waals surface area contributed by atoms with Crippen LogP contribution < -0.4 is 5.73 Å². The summed E-state index contributed by atoms with van der Waals surface area (Å²) in [7, 11) is 0. The van der Waals surface area contributed by atoms with E-state index in [2.05, 4.69) is 0 Å². The number of hydrogen-bond donors (Lipinski definition) is 2. The smallest absolute Gasteiger partial charge is 0.310 e. The van der Waals surface area contributed by atoms with Crippen molar-refractivity contribution in [2.45, 2.75) is 33.7 Å². The summed E-state index contributed by atoms with van der Waals surface area (Å²) < 4.78 is 0. The van der Waals surface area contributed by atoms with Crippen molar-refractivity contribution in [1.82, 2.24) is 4.90 Å². The van der Waals surface area contributed by atoms with E-state index in [1.54, 1.807) is 18.7 Å². The Labute approximate surface area is 90.2 Å². The highest BCUT2D eigenvalue weighted by atomic mass is 16.4. The van der Waals surface area contributed by atoms with Gasteiger partial charge in [-0.2, -0.15) is 0 Å². The Morgan fingerprint density at radius 2 is 1.87 bits per heavy atom. The quantitative estimate of drug-likeness (QED) is 0.668. The Hall–Kier alpha value is -1.10. The standard InChI is InChI=1S/C10H20N2O3/c1-7(2)12(5-8(11)13)6-10(3,4)9(14)15/h7H,5-6H2,1-4H3,(H2,11,13)(H,14,15). The van der Waals surface area contributed by atoms with Gasteiger partial charge in [0.1, 0.15) is 0 Å². The third kappa shape index (κ3) is 4.78. The largest absolute Gasteiger partial charge is 0.481 e. The number of nitrogens with two attached hydrogens (primary N) is 1. The number of rotatable bonds is 6. The van der Waals surface area contributed by atoms with Gasteiger partial charge in [0, 0.05) is 12.6 Å². The first-order valence-electron chi connectivity index (χ1n) is 4.92. The van der Waals surface area contributed by atoms with Crippen molar-refractivity contribution >= 4 is 11.9 Å². The minimum atomic E-state index is -0.877. The van der Waals surface area contributed by atoms with Crippen molar-refractivity contribution in [3.63, 3.8) is 0 Å². The Kier molecular flexibility index (Phi) is 4.74. The molecule has 5 nitrogen and oxygen atoms in total. The zero-order valence-electron chi connectivity index (χ0n) is 9.78. The van der Waals surface area contributed by atoms with Gasteiger partial charge in [-0.05, 0) is 27.7 Å². The molecule has 0 unspecified atom stereocenters. The molecule has 1 amide bonds. The first kappa shape index (κ1) is 13.9. The molecule has 0 radical (unpaired) electrons. The molecule has 0 rings (SSSR count). The van der Waals surface area contributed by atoms with Crippen LogP contribution in [-0.4, -0.2) is 41.0 Å². The predicted molar refractivity (Wildman–Crippen MR) is 57.3 cm³/mol. The lowest BCUT2D eigenvalue weighted by Gasteiger charge is -2.31. The van der Waals surface area contributed by atoms with Crippen molar-refractivity contribution in [1.29, 1.82) is 0 Å². The third-order valence-corrected chi connectivity index (χ3v) is 2.27. The number of primary amides is 1. The van der Waals surface area contributed by atoms with Gasteiger partial charge in [0.15, 0.2) is 0 Å². The minimum Gasteiger partial charge on any atom is -0.481 e. The van der Waals surface area contributed by atoms with Crippen LogP contribution in [0.5, 0.6) is 0 Å².